The number of fused-ring (bicyclic) bond motifs is 2. The molecule has 4 aromatic rings. The van der Waals surface area contributed by atoms with Gasteiger partial charge < -0.3 is 5.32 Å². The first-order valence-electron chi connectivity index (χ1n) is 8.84. The third kappa shape index (κ3) is 2.44. The van der Waals surface area contributed by atoms with Crippen molar-refractivity contribution >= 4 is 33.5 Å². The van der Waals surface area contributed by atoms with E-state index in [-0.39, 0.29) is 5.91 Å². The highest BCUT2D eigenvalue weighted by atomic mass is 16.1. The van der Waals surface area contributed by atoms with Gasteiger partial charge in [-0.15, -0.1) is 0 Å². The Balaban J connectivity index is 1.56. The number of rotatable bonds is 4. The number of pyridine rings is 1. The Labute approximate surface area is 149 Å². The smallest absolute Gasteiger partial charge is 0.256 e. The number of anilines is 1. The van der Waals surface area contributed by atoms with Crippen LogP contribution in [0.3, 0.4) is 0 Å². The Hall–Kier alpha value is -3.22. The summed E-state index contributed by atoms with van der Waals surface area (Å²) < 4.78 is 1.84. The van der Waals surface area contributed by atoms with E-state index in [9.17, 15) is 4.79 Å². The highest BCUT2D eigenvalue weighted by Gasteiger charge is 2.28. The number of hydrogen-bond acceptors (Lipinski definition) is 4. The Morgan fingerprint density at radius 1 is 1.31 bits per heavy atom. The molecule has 5 rings (SSSR count). The summed E-state index contributed by atoms with van der Waals surface area (Å²) in [5.74, 6) is 0.325. The van der Waals surface area contributed by atoms with Crippen molar-refractivity contribution in [1.82, 2.24) is 25.0 Å². The first-order valence-corrected chi connectivity index (χ1v) is 8.84. The molecule has 1 aliphatic rings. The van der Waals surface area contributed by atoms with Crippen molar-refractivity contribution in [2.24, 2.45) is 0 Å². The van der Waals surface area contributed by atoms with E-state index in [0.29, 0.717) is 11.5 Å². The molecule has 1 fully saturated rings. The molecule has 3 heterocycles. The largest absolute Gasteiger partial charge is 0.322 e. The Kier molecular flexibility index (Phi) is 3.28. The van der Waals surface area contributed by atoms with Crippen LogP contribution in [0.1, 0.15) is 41.7 Å². The van der Waals surface area contributed by atoms with Gasteiger partial charge in [-0.25, -0.2) is 9.67 Å². The summed E-state index contributed by atoms with van der Waals surface area (Å²) in [4.78, 5) is 17.8. The van der Waals surface area contributed by atoms with Gasteiger partial charge in [-0.05, 0) is 44.0 Å². The second kappa shape index (κ2) is 5.66. The Morgan fingerprint density at radius 2 is 2.19 bits per heavy atom. The number of benzene rings is 1. The third-order valence-corrected chi connectivity index (χ3v) is 4.87. The van der Waals surface area contributed by atoms with E-state index in [2.05, 4.69) is 20.6 Å². The summed E-state index contributed by atoms with van der Waals surface area (Å²) in [6.07, 6.45) is 5.75. The molecule has 26 heavy (non-hydrogen) atoms. The van der Waals surface area contributed by atoms with Gasteiger partial charge in [0, 0.05) is 29.2 Å². The minimum atomic E-state index is -0.141. The molecule has 2 N–H and O–H groups in total. The molecular weight excluding hydrogens is 328 g/mol. The van der Waals surface area contributed by atoms with Crippen molar-refractivity contribution in [2.45, 2.75) is 32.2 Å². The fourth-order valence-corrected chi connectivity index (χ4v) is 3.29. The average Bonchev–Trinajstić information content (AvgIpc) is 3.26. The summed E-state index contributed by atoms with van der Waals surface area (Å²) in [6.45, 7) is 2.75. The van der Waals surface area contributed by atoms with Crippen molar-refractivity contribution < 1.29 is 4.79 Å². The van der Waals surface area contributed by atoms with Crippen LogP contribution in [0, 0.1) is 0 Å². The molecule has 130 valence electrons. The average molecular weight is 346 g/mol. The second-order valence-corrected chi connectivity index (χ2v) is 6.69. The molecule has 1 saturated carbocycles. The number of hydrogen-bond donors (Lipinski definition) is 2. The number of carbonyl (C=O) groups excluding carboxylic acids is 1. The SMILES string of the molecule is CCn1ncc2c(C(=O)Nc3ccc4[nH]ncc4c3)cc(C3CC3)nc21. The number of aryl methyl sites for hydroxylation is 1. The molecule has 7 nitrogen and oxygen atoms in total. The third-order valence-electron chi connectivity index (χ3n) is 4.87. The van der Waals surface area contributed by atoms with Crippen LogP contribution in [-0.4, -0.2) is 30.9 Å². The standard InChI is InChI=1S/C19H18N6O/c1-2-25-18-15(10-21-25)14(8-17(23-18)11-3-4-11)19(26)22-13-5-6-16-12(7-13)9-20-24-16/h5-11H,2-4H2,1H3,(H,20,24)(H,22,26). The molecule has 0 unspecified atom stereocenters. The summed E-state index contributed by atoms with van der Waals surface area (Å²) in [6, 6.07) is 7.61. The van der Waals surface area contributed by atoms with Crippen molar-refractivity contribution in [3.8, 4) is 0 Å². The molecule has 1 amide bonds. The topological polar surface area (TPSA) is 88.5 Å². The zero-order valence-electron chi connectivity index (χ0n) is 14.4. The maximum atomic E-state index is 13.0. The van der Waals surface area contributed by atoms with Crippen LogP contribution in [0.25, 0.3) is 21.9 Å². The lowest BCUT2D eigenvalue weighted by atomic mass is 10.1. The van der Waals surface area contributed by atoms with E-state index in [1.54, 1.807) is 12.4 Å². The summed E-state index contributed by atoms with van der Waals surface area (Å²) >= 11 is 0. The molecule has 0 radical (unpaired) electrons. The molecule has 1 aliphatic carbocycles. The van der Waals surface area contributed by atoms with Crippen molar-refractivity contribution in [1.29, 1.82) is 0 Å². The number of amides is 1. The molecule has 3 aromatic heterocycles. The number of aromatic nitrogens is 5. The first-order chi connectivity index (χ1) is 12.7. The van der Waals surface area contributed by atoms with Gasteiger partial charge in [-0.2, -0.15) is 10.2 Å². The maximum Gasteiger partial charge on any atom is 0.256 e. The predicted molar refractivity (Wildman–Crippen MR) is 99.2 cm³/mol. The number of aromatic amines is 1. The van der Waals surface area contributed by atoms with Gasteiger partial charge in [0.2, 0.25) is 0 Å². The first kappa shape index (κ1) is 15.1. The predicted octanol–water partition coefficient (Wildman–Crippen LogP) is 3.46. The van der Waals surface area contributed by atoms with E-state index in [1.807, 2.05) is 35.9 Å². The van der Waals surface area contributed by atoms with Gasteiger partial charge in [-0.1, -0.05) is 0 Å². The van der Waals surface area contributed by atoms with Gasteiger partial charge >= 0.3 is 0 Å². The zero-order valence-corrected chi connectivity index (χ0v) is 14.4. The van der Waals surface area contributed by atoms with Gasteiger partial charge in [0.05, 0.1) is 28.9 Å². The van der Waals surface area contributed by atoms with Gasteiger partial charge in [-0.3, -0.25) is 9.89 Å². The van der Waals surface area contributed by atoms with Gasteiger partial charge in [0.25, 0.3) is 5.91 Å². The van der Waals surface area contributed by atoms with Crippen molar-refractivity contribution in [3.05, 3.63) is 47.9 Å². The lowest BCUT2D eigenvalue weighted by Crippen LogP contribution is -2.13. The van der Waals surface area contributed by atoms with E-state index in [4.69, 9.17) is 4.98 Å². The summed E-state index contributed by atoms with van der Waals surface area (Å²) in [5, 5.41) is 16.1. The minimum absolute atomic E-state index is 0.141. The Bertz CT molecular complexity index is 1140. The molecular formula is C19H18N6O. The van der Waals surface area contributed by atoms with Crippen LogP contribution in [0.4, 0.5) is 5.69 Å². The molecule has 0 spiro atoms. The summed E-state index contributed by atoms with van der Waals surface area (Å²) in [7, 11) is 0. The lowest BCUT2D eigenvalue weighted by molar-refractivity contribution is 0.102. The number of H-pyrrole nitrogens is 1. The highest BCUT2D eigenvalue weighted by Crippen LogP contribution is 2.40. The van der Waals surface area contributed by atoms with Crippen molar-refractivity contribution in [2.75, 3.05) is 5.32 Å². The maximum absolute atomic E-state index is 13.0. The van der Waals surface area contributed by atoms with Gasteiger partial charge in [0.1, 0.15) is 0 Å². The van der Waals surface area contributed by atoms with Crippen LogP contribution in [0.15, 0.2) is 36.7 Å². The normalized spacial score (nSPS) is 14.2. The quantitative estimate of drug-likeness (QED) is 0.592. The van der Waals surface area contributed by atoms with E-state index in [0.717, 1.165) is 52.7 Å². The second-order valence-electron chi connectivity index (χ2n) is 6.69. The molecule has 1 aromatic carbocycles. The molecule has 0 aliphatic heterocycles. The molecule has 0 bridgehead atoms. The van der Waals surface area contributed by atoms with E-state index in [1.165, 1.54) is 0 Å². The molecule has 0 saturated heterocycles. The van der Waals surface area contributed by atoms with Crippen LogP contribution < -0.4 is 5.32 Å². The van der Waals surface area contributed by atoms with E-state index >= 15 is 0 Å². The molecule has 0 atom stereocenters. The van der Waals surface area contributed by atoms with Crippen molar-refractivity contribution in [3.63, 3.8) is 0 Å². The number of carbonyl (C=O) groups is 1. The highest BCUT2D eigenvalue weighted by molar-refractivity contribution is 6.12. The molecule has 7 heteroatoms. The van der Waals surface area contributed by atoms with Crippen LogP contribution in [0.5, 0.6) is 0 Å². The zero-order chi connectivity index (χ0) is 17.7. The van der Waals surface area contributed by atoms with E-state index < -0.39 is 0 Å². The fourth-order valence-electron chi connectivity index (χ4n) is 3.29. The minimum Gasteiger partial charge on any atom is -0.322 e. The monoisotopic (exact) mass is 346 g/mol. The Morgan fingerprint density at radius 3 is 3.00 bits per heavy atom. The summed E-state index contributed by atoms with van der Waals surface area (Å²) in [5.41, 5.74) is 4.08. The van der Waals surface area contributed by atoms with Gasteiger partial charge in [0.15, 0.2) is 5.65 Å². The van der Waals surface area contributed by atoms with Crippen LogP contribution in [-0.2, 0) is 6.54 Å². The van der Waals surface area contributed by atoms with Crippen LogP contribution >= 0.6 is 0 Å². The number of nitrogens with zero attached hydrogens (tertiary/aromatic N) is 4. The van der Waals surface area contributed by atoms with Crippen LogP contribution in [0.2, 0.25) is 0 Å². The lowest BCUT2D eigenvalue weighted by Gasteiger charge is -2.09. The number of nitrogens with one attached hydrogen (secondary N) is 2. The fraction of sp³-hybridized carbons (Fsp3) is 0.263.